The van der Waals surface area contributed by atoms with Crippen LogP contribution in [0.1, 0.15) is 0 Å². The van der Waals surface area contributed by atoms with Crippen molar-refractivity contribution in [3.63, 3.8) is 0 Å². The maximum Gasteiger partial charge on any atom is 0 e. The van der Waals surface area contributed by atoms with E-state index in [2.05, 4.69) is 0 Å². The first kappa shape index (κ1) is 32.4. The van der Waals surface area contributed by atoms with E-state index in [1.54, 1.807) is 0 Å². The third kappa shape index (κ3) is 8.83. The van der Waals surface area contributed by atoms with Crippen LogP contribution in [0.3, 0.4) is 0 Å². The summed E-state index contributed by atoms with van der Waals surface area (Å²) in [5.41, 5.74) is 0. The van der Waals surface area contributed by atoms with Gasteiger partial charge in [0.2, 0.25) is 0 Å². The number of hydrogen-bond acceptors (Lipinski definition) is 0. The molecule has 0 saturated heterocycles. The Kier molecular flexibility index (Phi) is 147. The van der Waals surface area contributed by atoms with E-state index in [1.807, 2.05) is 0 Å². The first-order valence-corrected chi connectivity index (χ1v) is 0. The Labute approximate surface area is 75.6 Å². The normalized spacial score (nSPS) is 0. The van der Waals surface area contributed by atoms with Crippen molar-refractivity contribution < 1.29 is 50.3 Å². The Hall–Kier alpha value is 2.40. The maximum atomic E-state index is 0. The second-order valence-corrected chi connectivity index (χ2v) is 0. The summed E-state index contributed by atoms with van der Waals surface area (Å²) < 4.78 is 0. The molecule has 0 spiro atoms. The average Bonchev–Trinajstić information content (AvgIpc) is 0. The largest absolute Gasteiger partial charge is 0 e. The average molecular weight is 385 g/mol. The zero-order chi connectivity index (χ0) is 0. The Bertz CT molecular complexity index is 8.00. The molecule has 0 aliphatic carbocycles. The van der Waals surface area contributed by atoms with E-state index < -0.39 is 0 Å². The van der Waals surface area contributed by atoms with Crippen molar-refractivity contribution in [3.05, 3.63) is 0 Å². The van der Waals surface area contributed by atoms with Crippen LogP contribution in [-0.4, -0.2) is 26.2 Å². The smallest absolute Gasteiger partial charge is 0 e. The van der Waals surface area contributed by atoms with Gasteiger partial charge in [-0.3, -0.25) is 0 Å². The molecular weight excluding hydrogens is 382 g/mol. The van der Waals surface area contributed by atoms with Crippen molar-refractivity contribution in [2.45, 2.75) is 0 Å². The molecule has 4 heavy (non-hydrogen) atoms. The van der Waals surface area contributed by atoms with Crippen LogP contribution >= 0.6 is 0 Å². The molecule has 0 rings (SSSR count). The molecule has 0 heterocycles. The molecule has 0 nitrogen and oxygen atoms in total. The zero-order valence-electron chi connectivity index (χ0n) is 1.71. The summed E-state index contributed by atoms with van der Waals surface area (Å²) in [6.07, 6.45) is 0. The van der Waals surface area contributed by atoms with Gasteiger partial charge in [0.15, 0.2) is 0 Å². The van der Waals surface area contributed by atoms with Gasteiger partial charge in [0.05, 0.1) is 0 Å². The fourth-order valence-corrected chi connectivity index (χ4v) is 0. The minimum atomic E-state index is 0. The topological polar surface area (TPSA) is 0 Å². The molecule has 0 aromatic rings. The molecule has 1 radical (unpaired) electrons. The third-order valence-electron chi connectivity index (χ3n) is 0. The van der Waals surface area contributed by atoms with Gasteiger partial charge in [-0.1, -0.05) is 0 Å². The molecule has 4 heteroatoms. The van der Waals surface area contributed by atoms with Gasteiger partial charge in [-0.2, -0.15) is 0 Å². The first-order chi connectivity index (χ1) is 0. The van der Waals surface area contributed by atoms with Crippen molar-refractivity contribution >= 4 is 26.2 Å². The van der Waals surface area contributed by atoms with Gasteiger partial charge >= 0.3 is 26.2 Å². The summed E-state index contributed by atoms with van der Waals surface area (Å²) in [6, 6.07) is 0. The quantitative estimate of drug-likeness (QED) is 0.460. The maximum absolute atomic E-state index is 0. The molecule has 0 aliphatic heterocycles. The first-order valence-electron chi connectivity index (χ1n) is 0. The second-order valence-electron chi connectivity index (χ2n) is 0. The SMILES string of the molecule is [BiH3].[Co].[Fe].[Ni]. The molecule has 35 valence electrons. The molecule has 0 aliphatic rings. The van der Waals surface area contributed by atoms with Crippen LogP contribution in [0.15, 0.2) is 0 Å². The van der Waals surface area contributed by atoms with Crippen LogP contribution in [0.4, 0.5) is 0 Å². The number of rotatable bonds is 0. The van der Waals surface area contributed by atoms with Gasteiger partial charge in [0, 0.05) is 50.3 Å². The molecule has 0 aromatic heterocycles. The van der Waals surface area contributed by atoms with E-state index in [0.717, 1.165) is 0 Å². The van der Waals surface area contributed by atoms with Crippen LogP contribution in [0.5, 0.6) is 0 Å². The standard InChI is InChI=1S/Bi.Co.Fe.Ni.3H. The number of hydrogen-bond donors (Lipinski definition) is 0. The van der Waals surface area contributed by atoms with Gasteiger partial charge in [-0.25, -0.2) is 0 Å². The monoisotopic (exact) mass is 385 g/mol. The van der Waals surface area contributed by atoms with Crippen LogP contribution < -0.4 is 0 Å². The van der Waals surface area contributed by atoms with Crippen molar-refractivity contribution in [1.82, 2.24) is 0 Å². The molecule has 0 bridgehead atoms. The molecular formula is H3BiCoFeNi. The van der Waals surface area contributed by atoms with Crippen molar-refractivity contribution in [3.8, 4) is 0 Å². The van der Waals surface area contributed by atoms with Gasteiger partial charge in [-0.15, -0.1) is 0 Å². The Morgan fingerprint density at radius 2 is 1.00 bits per heavy atom. The van der Waals surface area contributed by atoms with Crippen molar-refractivity contribution in [2.75, 3.05) is 0 Å². The summed E-state index contributed by atoms with van der Waals surface area (Å²) in [6.45, 7) is 0. The molecule has 0 saturated carbocycles. The zero-order valence-corrected chi connectivity index (χ0v) is 10.3. The van der Waals surface area contributed by atoms with E-state index in [0.29, 0.717) is 0 Å². The van der Waals surface area contributed by atoms with E-state index in [9.17, 15) is 0 Å². The fourth-order valence-electron chi connectivity index (χ4n) is 0. The molecule has 0 fully saturated rings. The summed E-state index contributed by atoms with van der Waals surface area (Å²) in [7, 11) is 0. The molecule has 0 unspecified atom stereocenters. The predicted molar refractivity (Wildman–Crippen MR) is 9.94 cm³/mol. The van der Waals surface area contributed by atoms with Gasteiger partial charge < -0.3 is 0 Å². The van der Waals surface area contributed by atoms with Gasteiger partial charge in [0.1, 0.15) is 0 Å². The van der Waals surface area contributed by atoms with Gasteiger partial charge in [-0.05, 0) is 0 Å². The van der Waals surface area contributed by atoms with Crippen LogP contribution in [0.25, 0.3) is 0 Å². The fraction of sp³-hybridized carbons (Fsp3) is 0. The summed E-state index contributed by atoms with van der Waals surface area (Å²) in [4.78, 5) is 0. The third-order valence-corrected chi connectivity index (χ3v) is 0. The molecule has 0 amide bonds. The Balaban J connectivity index is 0. The molecule has 0 atom stereocenters. The van der Waals surface area contributed by atoms with E-state index >= 15 is 0 Å². The molecule has 0 N–H and O–H groups in total. The van der Waals surface area contributed by atoms with Crippen molar-refractivity contribution in [2.24, 2.45) is 0 Å². The van der Waals surface area contributed by atoms with Gasteiger partial charge in [0.25, 0.3) is 0 Å². The van der Waals surface area contributed by atoms with Crippen LogP contribution in [-0.2, 0) is 50.3 Å². The summed E-state index contributed by atoms with van der Waals surface area (Å²) >= 11 is 0. The van der Waals surface area contributed by atoms with E-state index in [-0.39, 0.29) is 76.5 Å². The molecule has 0 aromatic carbocycles. The summed E-state index contributed by atoms with van der Waals surface area (Å²) in [5.74, 6) is 0. The minimum Gasteiger partial charge on any atom is 0 e. The minimum absolute atomic E-state index is 0. The van der Waals surface area contributed by atoms with Crippen LogP contribution in [0, 0.1) is 0 Å². The van der Waals surface area contributed by atoms with E-state index in [1.165, 1.54) is 0 Å². The van der Waals surface area contributed by atoms with E-state index in [4.69, 9.17) is 0 Å². The summed E-state index contributed by atoms with van der Waals surface area (Å²) in [5, 5.41) is 0. The van der Waals surface area contributed by atoms with Crippen LogP contribution in [0.2, 0.25) is 0 Å². The predicted octanol–water partition coefficient (Wildman–Crippen LogP) is -1.19. The van der Waals surface area contributed by atoms with Crippen molar-refractivity contribution in [1.29, 1.82) is 0 Å². The Morgan fingerprint density at radius 3 is 1.00 bits per heavy atom. The second kappa shape index (κ2) is 18.1. The Morgan fingerprint density at radius 1 is 1.00 bits per heavy atom.